The molecule has 0 aliphatic rings. The average molecular weight is 400 g/mol. The number of aryl methyl sites for hydroxylation is 1. The van der Waals surface area contributed by atoms with E-state index in [1.807, 2.05) is 12.1 Å². The molecule has 110 valence electrons. The molecule has 1 rings (SSSR count). The Balaban J connectivity index is 0.00000361. The van der Waals surface area contributed by atoms with Crippen LogP contribution in [-0.4, -0.2) is 54.0 Å². The predicted octanol–water partition coefficient (Wildman–Crippen LogP) is 5.47. The maximum atomic E-state index is 9.20. The molecule has 0 saturated heterocycles. The van der Waals surface area contributed by atoms with Crippen molar-refractivity contribution < 1.29 is 5.11 Å². The van der Waals surface area contributed by atoms with Crippen molar-refractivity contribution in [3.8, 4) is 5.75 Å². The SMILES string of the molecule is CCCCCCCCCCCCc1ccc(O)cc1.[Ba]. The van der Waals surface area contributed by atoms with Crippen molar-refractivity contribution in [1.29, 1.82) is 0 Å². The van der Waals surface area contributed by atoms with Crippen LogP contribution >= 0.6 is 0 Å². The molecule has 0 aromatic heterocycles. The molecule has 1 N–H and O–H groups in total. The largest absolute Gasteiger partial charge is 0.508 e. The fourth-order valence-corrected chi connectivity index (χ4v) is 2.48. The Morgan fingerprint density at radius 3 is 1.65 bits per heavy atom. The number of phenolic OH excluding ortho intramolecular Hbond substituents is 1. The molecule has 0 amide bonds. The van der Waals surface area contributed by atoms with E-state index in [4.69, 9.17) is 0 Å². The van der Waals surface area contributed by atoms with Gasteiger partial charge in [-0.25, -0.2) is 0 Å². The molecule has 2 heteroatoms. The predicted molar refractivity (Wildman–Crippen MR) is 89.4 cm³/mol. The molecule has 2 radical (unpaired) electrons. The van der Waals surface area contributed by atoms with Crippen molar-refractivity contribution in [2.24, 2.45) is 0 Å². The van der Waals surface area contributed by atoms with Crippen LogP contribution < -0.4 is 0 Å². The number of hydrogen-bond acceptors (Lipinski definition) is 1. The fourth-order valence-electron chi connectivity index (χ4n) is 2.48. The zero-order chi connectivity index (χ0) is 13.8. The Morgan fingerprint density at radius 2 is 1.15 bits per heavy atom. The summed E-state index contributed by atoms with van der Waals surface area (Å²) >= 11 is 0. The summed E-state index contributed by atoms with van der Waals surface area (Å²) in [6.07, 6.45) is 15.0. The van der Waals surface area contributed by atoms with Crippen molar-refractivity contribution in [3.05, 3.63) is 29.8 Å². The first kappa shape index (κ1) is 20.6. The summed E-state index contributed by atoms with van der Waals surface area (Å²) in [6.45, 7) is 2.27. The standard InChI is InChI=1S/C18H30O.Ba/c1-2-3-4-5-6-7-8-9-10-11-12-17-13-15-18(19)16-14-17;/h13-16,19H,2-12H2,1H3;. The van der Waals surface area contributed by atoms with Crippen LogP contribution in [0.4, 0.5) is 0 Å². The van der Waals surface area contributed by atoms with Gasteiger partial charge in [-0.2, -0.15) is 0 Å². The van der Waals surface area contributed by atoms with Gasteiger partial charge in [-0.05, 0) is 30.5 Å². The minimum atomic E-state index is 0. The van der Waals surface area contributed by atoms with Gasteiger partial charge in [0, 0.05) is 48.9 Å². The minimum absolute atomic E-state index is 0. The molecule has 1 aromatic rings. The Morgan fingerprint density at radius 1 is 0.700 bits per heavy atom. The Kier molecular flexibility index (Phi) is 15.0. The smallest absolute Gasteiger partial charge is 0.115 e. The van der Waals surface area contributed by atoms with Gasteiger partial charge in [0.1, 0.15) is 5.75 Å². The van der Waals surface area contributed by atoms with Crippen LogP contribution in [-0.2, 0) is 6.42 Å². The van der Waals surface area contributed by atoms with Gasteiger partial charge in [0.2, 0.25) is 0 Å². The first-order valence-corrected chi connectivity index (χ1v) is 8.11. The normalized spacial score (nSPS) is 10.2. The number of benzene rings is 1. The summed E-state index contributed by atoms with van der Waals surface area (Å²) in [7, 11) is 0. The summed E-state index contributed by atoms with van der Waals surface area (Å²) < 4.78 is 0. The van der Waals surface area contributed by atoms with Gasteiger partial charge >= 0.3 is 0 Å². The first-order chi connectivity index (χ1) is 9.33. The fraction of sp³-hybridized carbons (Fsp3) is 0.667. The van der Waals surface area contributed by atoms with E-state index in [9.17, 15) is 5.11 Å². The van der Waals surface area contributed by atoms with E-state index in [2.05, 4.69) is 6.92 Å². The Labute approximate surface area is 165 Å². The van der Waals surface area contributed by atoms with E-state index in [1.165, 1.54) is 69.8 Å². The summed E-state index contributed by atoms with van der Waals surface area (Å²) in [5.74, 6) is 0.367. The van der Waals surface area contributed by atoms with Gasteiger partial charge < -0.3 is 5.11 Å². The molecule has 0 spiro atoms. The van der Waals surface area contributed by atoms with Crippen LogP contribution in [0, 0.1) is 0 Å². The van der Waals surface area contributed by atoms with Crippen LogP contribution in [0.15, 0.2) is 24.3 Å². The van der Waals surface area contributed by atoms with E-state index in [1.54, 1.807) is 12.1 Å². The van der Waals surface area contributed by atoms with Crippen molar-refractivity contribution in [2.45, 2.75) is 77.6 Å². The van der Waals surface area contributed by atoms with Gasteiger partial charge in [-0.3, -0.25) is 0 Å². The maximum absolute atomic E-state index is 9.20. The monoisotopic (exact) mass is 400 g/mol. The Hall–Kier alpha value is 0.591. The number of unbranched alkanes of at least 4 members (excludes halogenated alkanes) is 9. The molecule has 0 unspecified atom stereocenters. The van der Waals surface area contributed by atoms with E-state index in [0.717, 1.165) is 6.42 Å². The zero-order valence-corrected chi connectivity index (χ0v) is 17.7. The number of rotatable bonds is 11. The molecule has 1 aromatic carbocycles. The summed E-state index contributed by atoms with van der Waals surface area (Å²) in [6, 6.07) is 7.63. The third-order valence-electron chi connectivity index (χ3n) is 3.76. The maximum Gasteiger partial charge on any atom is 0.115 e. The second-order valence-corrected chi connectivity index (χ2v) is 5.60. The quantitative estimate of drug-likeness (QED) is 0.386. The van der Waals surface area contributed by atoms with Crippen molar-refractivity contribution in [1.82, 2.24) is 0 Å². The van der Waals surface area contributed by atoms with Crippen LogP contribution in [0.25, 0.3) is 0 Å². The van der Waals surface area contributed by atoms with Crippen LogP contribution in [0.1, 0.15) is 76.7 Å². The van der Waals surface area contributed by atoms with Crippen LogP contribution in [0.3, 0.4) is 0 Å². The molecule has 0 saturated carbocycles. The summed E-state index contributed by atoms with van der Waals surface area (Å²) in [4.78, 5) is 0. The third-order valence-corrected chi connectivity index (χ3v) is 3.76. The molecule has 0 bridgehead atoms. The van der Waals surface area contributed by atoms with Crippen LogP contribution in [0.2, 0.25) is 0 Å². The zero-order valence-electron chi connectivity index (χ0n) is 13.2. The third kappa shape index (κ3) is 11.3. The minimum Gasteiger partial charge on any atom is -0.508 e. The summed E-state index contributed by atoms with van der Waals surface area (Å²) in [5.41, 5.74) is 1.34. The molecule has 0 heterocycles. The van der Waals surface area contributed by atoms with Crippen molar-refractivity contribution >= 4 is 48.9 Å². The van der Waals surface area contributed by atoms with Gasteiger partial charge in [0.05, 0.1) is 0 Å². The number of hydrogen-bond donors (Lipinski definition) is 1. The number of phenols is 1. The van der Waals surface area contributed by atoms with E-state index in [-0.39, 0.29) is 48.9 Å². The molecule has 20 heavy (non-hydrogen) atoms. The van der Waals surface area contributed by atoms with E-state index in [0.29, 0.717) is 5.75 Å². The number of aromatic hydroxyl groups is 1. The van der Waals surface area contributed by atoms with E-state index >= 15 is 0 Å². The molecular formula is C18H30BaO. The van der Waals surface area contributed by atoms with Crippen molar-refractivity contribution in [3.63, 3.8) is 0 Å². The van der Waals surface area contributed by atoms with Crippen LogP contribution in [0.5, 0.6) is 5.75 Å². The molecule has 0 aliphatic carbocycles. The molecule has 0 fully saturated rings. The second-order valence-electron chi connectivity index (χ2n) is 5.60. The topological polar surface area (TPSA) is 20.2 Å². The first-order valence-electron chi connectivity index (χ1n) is 8.11. The molecule has 0 atom stereocenters. The summed E-state index contributed by atoms with van der Waals surface area (Å²) in [5, 5.41) is 9.20. The molecule has 0 aliphatic heterocycles. The van der Waals surface area contributed by atoms with Gasteiger partial charge in [0.25, 0.3) is 0 Å². The molecular weight excluding hydrogens is 370 g/mol. The average Bonchev–Trinajstić information content (AvgIpc) is 2.43. The molecule has 1 nitrogen and oxygen atoms in total. The van der Waals surface area contributed by atoms with Gasteiger partial charge in [-0.1, -0.05) is 76.8 Å². The van der Waals surface area contributed by atoms with E-state index < -0.39 is 0 Å². The van der Waals surface area contributed by atoms with Gasteiger partial charge in [0.15, 0.2) is 0 Å². The van der Waals surface area contributed by atoms with Gasteiger partial charge in [-0.15, -0.1) is 0 Å². The van der Waals surface area contributed by atoms with Crippen molar-refractivity contribution in [2.75, 3.05) is 0 Å². The Bertz CT molecular complexity index is 308. The second kappa shape index (κ2) is 14.5.